The number of carbonyl (C=O) groups excluding carboxylic acids is 2. The quantitative estimate of drug-likeness (QED) is 0.790. The van der Waals surface area contributed by atoms with E-state index in [0.717, 1.165) is 24.0 Å². The molecular weight excluding hydrogens is 268 g/mol. The Morgan fingerprint density at radius 2 is 1.95 bits per heavy atom. The molecular formula is C16H24N2O3. The van der Waals surface area contributed by atoms with Crippen LogP contribution in [0.2, 0.25) is 0 Å². The highest BCUT2D eigenvalue weighted by Crippen LogP contribution is 2.18. The lowest BCUT2D eigenvalue weighted by molar-refractivity contribution is -0.131. The van der Waals surface area contributed by atoms with Crippen molar-refractivity contribution in [3.8, 4) is 5.75 Å². The van der Waals surface area contributed by atoms with Crippen LogP contribution in [0.3, 0.4) is 0 Å². The van der Waals surface area contributed by atoms with Gasteiger partial charge in [0.05, 0.1) is 0 Å². The highest BCUT2D eigenvalue weighted by molar-refractivity contribution is 5.83. The third-order valence-corrected chi connectivity index (χ3v) is 3.20. The minimum atomic E-state index is -0.382. The van der Waals surface area contributed by atoms with E-state index in [1.54, 1.807) is 0 Å². The van der Waals surface area contributed by atoms with E-state index in [0.29, 0.717) is 5.75 Å². The first-order chi connectivity index (χ1) is 9.93. The molecule has 1 unspecified atom stereocenters. The maximum atomic E-state index is 11.6. The minimum Gasteiger partial charge on any atom is -0.483 e. The number of hydrogen-bond donors (Lipinski definition) is 2. The summed E-state index contributed by atoms with van der Waals surface area (Å²) in [4.78, 5) is 23.3. The van der Waals surface area contributed by atoms with Crippen LogP contribution >= 0.6 is 0 Å². The minimum absolute atomic E-state index is 0.116. The summed E-state index contributed by atoms with van der Waals surface area (Å²) in [7, 11) is 0. The molecule has 0 heterocycles. The molecule has 0 fully saturated rings. The fraction of sp³-hybridized carbons (Fsp3) is 0.500. The second-order valence-electron chi connectivity index (χ2n) is 5.28. The maximum Gasteiger partial charge on any atom is 0.276 e. The van der Waals surface area contributed by atoms with Crippen LogP contribution in [0.5, 0.6) is 5.75 Å². The molecule has 5 heteroatoms. The lowest BCUT2D eigenvalue weighted by atomic mass is 10.1. The number of carbonyl (C=O) groups is 2. The van der Waals surface area contributed by atoms with E-state index in [4.69, 9.17) is 4.74 Å². The molecule has 116 valence electrons. The van der Waals surface area contributed by atoms with Crippen molar-refractivity contribution in [2.75, 3.05) is 6.61 Å². The lowest BCUT2D eigenvalue weighted by Gasteiger charge is -2.13. The number of hydrogen-bond acceptors (Lipinski definition) is 3. The van der Waals surface area contributed by atoms with Gasteiger partial charge in [0.25, 0.3) is 5.91 Å². The summed E-state index contributed by atoms with van der Waals surface area (Å²) in [6.07, 6.45) is 1.72. The van der Waals surface area contributed by atoms with Gasteiger partial charge in [-0.1, -0.05) is 32.4 Å². The van der Waals surface area contributed by atoms with Crippen LogP contribution in [-0.2, 0) is 9.59 Å². The number of rotatable bonds is 6. The number of amides is 2. The average Bonchev–Trinajstić information content (AvgIpc) is 2.45. The summed E-state index contributed by atoms with van der Waals surface area (Å²) < 4.78 is 5.46. The molecule has 1 aromatic carbocycles. The molecule has 0 bridgehead atoms. The van der Waals surface area contributed by atoms with Gasteiger partial charge < -0.3 is 4.74 Å². The van der Waals surface area contributed by atoms with Gasteiger partial charge in [-0.25, -0.2) is 0 Å². The Labute approximate surface area is 126 Å². The van der Waals surface area contributed by atoms with Gasteiger partial charge in [-0.05, 0) is 37.5 Å². The van der Waals surface area contributed by atoms with E-state index >= 15 is 0 Å². The van der Waals surface area contributed by atoms with E-state index in [1.807, 2.05) is 45.9 Å². The Morgan fingerprint density at radius 1 is 1.24 bits per heavy atom. The van der Waals surface area contributed by atoms with Gasteiger partial charge in [-0.3, -0.25) is 20.4 Å². The van der Waals surface area contributed by atoms with Crippen molar-refractivity contribution in [2.45, 2.75) is 40.5 Å². The van der Waals surface area contributed by atoms with Crippen molar-refractivity contribution < 1.29 is 14.3 Å². The Hall–Kier alpha value is -2.04. The molecule has 0 aliphatic rings. The molecule has 0 aliphatic carbocycles. The van der Waals surface area contributed by atoms with Crippen molar-refractivity contribution in [3.63, 3.8) is 0 Å². The van der Waals surface area contributed by atoms with Crippen LogP contribution in [0.25, 0.3) is 0 Å². The van der Waals surface area contributed by atoms with Crippen LogP contribution < -0.4 is 15.6 Å². The number of ether oxygens (including phenoxy) is 1. The first-order valence-electron chi connectivity index (χ1n) is 7.22. The van der Waals surface area contributed by atoms with Crippen molar-refractivity contribution in [1.82, 2.24) is 10.9 Å². The van der Waals surface area contributed by atoms with Crippen molar-refractivity contribution in [1.29, 1.82) is 0 Å². The summed E-state index contributed by atoms with van der Waals surface area (Å²) in [5, 5.41) is 0. The molecule has 5 nitrogen and oxygen atoms in total. The molecule has 0 saturated carbocycles. The summed E-state index contributed by atoms with van der Waals surface area (Å²) >= 11 is 0. The first-order valence-corrected chi connectivity index (χ1v) is 7.22. The Morgan fingerprint density at radius 3 is 2.62 bits per heavy atom. The van der Waals surface area contributed by atoms with Crippen LogP contribution in [-0.4, -0.2) is 18.4 Å². The standard InChI is InChI=1S/C16H24N2O3/c1-5-6-13(4)16(20)18-17-15(19)10-21-14-9-11(2)7-8-12(14)3/h7-9,13H,5-6,10H2,1-4H3,(H,17,19)(H,18,20). The van der Waals surface area contributed by atoms with Crippen LogP contribution in [0.15, 0.2) is 18.2 Å². The third kappa shape index (κ3) is 5.85. The molecule has 21 heavy (non-hydrogen) atoms. The summed E-state index contributed by atoms with van der Waals surface area (Å²) in [5.41, 5.74) is 6.81. The van der Waals surface area contributed by atoms with Gasteiger partial charge in [0.1, 0.15) is 5.75 Å². The molecule has 0 spiro atoms. The van der Waals surface area contributed by atoms with Crippen LogP contribution in [0, 0.1) is 19.8 Å². The van der Waals surface area contributed by atoms with E-state index in [9.17, 15) is 9.59 Å². The van der Waals surface area contributed by atoms with Gasteiger partial charge >= 0.3 is 0 Å². The van der Waals surface area contributed by atoms with Crippen LogP contribution in [0.1, 0.15) is 37.8 Å². The summed E-state index contributed by atoms with van der Waals surface area (Å²) in [6.45, 7) is 7.59. The number of benzene rings is 1. The fourth-order valence-electron chi connectivity index (χ4n) is 1.86. The second kappa shape index (κ2) is 8.29. The topological polar surface area (TPSA) is 67.4 Å². The van der Waals surface area contributed by atoms with Gasteiger partial charge in [-0.2, -0.15) is 0 Å². The van der Waals surface area contributed by atoms with E-state index in [1.165, 1.54) is 0 Å². The van der Waals surface area contributed by atoms with Gasteiger partial charge in [0.15, 0.2) is 6.61 Å². The van der Waals surface area contributed by atoms with Crippen molar-refractivity contribution in [3.05, 3.63) is 29.3 Å². The number of nitrogens with one attached hydrogen (secondary N) is 2. The Kier molecular flexibility index (Phi) is 6.72. The Balaban J connectivity index is 2.37. The molecule has 0 aliphatic heterocycles. The van der Waals surface area contributed by atoms with Crippen molar-refractivity contribution in [2.24, 2.45) is 5.92 Å². The van der Waals surface area contributed by atoms with E-state index in [2.05, 4.69) is 10.9 Å². The predicted molar refractivity (Wildman–Crippen MR) is 81.8 cm³/mol. The molecule has 2 N–H and O–H groups in total. The third-order valence-electron chi connectivity index (χ3n) is 3.20. The van der Waals surface area contributed by atoms with Gasteiger partial charge in [0.2, 0.25) is 5.91 Å². The SMILES string of the molecule is CCCC(C)C(=O)NNC(=O)COc1cc(C)ccc1C. The zero-order valence-corrected chi connectivity index (χ0v) is 13.2. The number of hydrazine groups is 1. The summed E-state index contributed by atoms with van der Waals surface area (Å²) in [5.74, 6) is -0.00375. The van der Waals surface area contributed by atoms with Crippen LogP contribution in [0.4, 0.5) is 0 Å². The molecule has 0 saturated heterocycles. The average molecular weight is 292 g/mol. The molecule has 0 aromatic heterocycles. The molecule has 1 rings (SSSR count). The van der Waals surface area contributed by atoms with Gasteiger partial charge in [0, 0.05) is 5.92 Å². The monoisotopic (exact) mass is 292 g/mol. The maximum absolute atomic E-state index is 11.6. The van der Waals surface area contributed by atoms with E-state index in [-0.39, 0.29) is 24.3 Å². The second-order valence-corrected chi connectivity index (χ2v) is 5.28. The molecule has 1 atom stereocenters. The molecule has 2 amide bonds. The zero-order valence-electron chi connectivity index (χ0n) is 13.2. The smallest absolute Gasteiger partial charge is 0.276 e. The number of aryl methyl sites for hydroxylation is 2. The highest BCUT2D eigenvalue weighted by Gasteiger charge is 2.12. The highest BCUT2D eigenvalue weighted by atomic mass is 16.5. The molecule has 1 aromatic rings. The van der Waals surface area contributed by atoms with E-state index < -0.39 is 0 Å². The lowest BCUT2D eigenvalue weighted by Crippen LogP contribution is -2.45. The van der Waals surface area contributed by atoms with Gasteiger partial charge in [-0.15, -0.1) is 0 Å². The first kappa shape index (κ1) is 17.0. The Bertz CT molecular complexity index is 500. The van der Waals surface area contributed by atoms with Crippen molar-refractivity contribution >= 4 is 11.8 Å². The summed E-state index contributed by atoms with van der Waals surface area (Å²) in [6, 6.07) is 5.80. The largest absolute Gasteiger partial charge is 0.483 e. The zero-order chi connectivity index (χ0) is 15.8. The normalized spacial score (nSPS) is 11.6. The predicted octanol–water partition coefficient (Wildman–Crippen LogP) is 2.27. The molecule has 0 radical (unpaired) electrons. The fourth-order valence-corrected chi connectivity index (χ4v) is 1.86.